The van der Waals surface area contributed by atoms with E-state index in [2.05, 4.69) is 15.6 Å². The number of nitro groups is 1. The fraction of sp³-hybridized carbons (Fsp3) is 0.312. The molecule has 2 amide bonds. The average molecular weight is 397 g/mol. The van der Waals surface area contributed by atoms with E-state index in [0.29, 0.717) is 5.13 Å². The number of carbonyl (C=O) groups is 2. The van der Waals surface area contributed by atoms with Gasteiger partial charge in [-0.05, 0) is 18.9 Å². The van der Waals surface area contributed by atoms with Crippen molar-refractivity contribution < 1.29 is 14.5 Å². The number of carbonyl (C=O) groups excluding carboxylic acids is 2. The summed E-state index contributed by atoms with van der Waals surface area (Å²) in [5.41, 5.74) is 0.451. The Bertz CT molecular complexity index is 853. The molecule has 1 aromatic carbocycles. The Kier molecular flexibility index (Phi) is 6.27. The molecule has 0 radical (unpaired) electrons. The molecule has 8 nitrogen and oxygen atoms in total. The zero-order valence-electron chi connectivity index (χ0n) is 14.3. The van der Waals surface area contributed by atoms with Crippen LogP contribution in [-0.2, 0) is 4.79 Å². The molecule has 2 rings (SSSR count). The highest BCUT2D eigenvalue weighted by Crippen LogP contribution is 2.22. The SMILES string of the molecule is Cc1csc(NC(=O)[C@@H](NC(=O)c2cc([N+](=O)[O-])ccc2Cl)C(C)C)n1. The summed E-state index contributed by atoms with van der Waals surface area (Å²) in [6.07, 6.45) is 0. The molecule has 0 aliphatic rings. The van der Waals surface area contributed by atoms with Crippen LogP contribution in [0.4, 0.5) is 10.8 Å². The van der Waals surface area contributed by atoms with Crippen LogP contribution in [0.1, 0.15) is 29.9 Å². The number of aromatic nitrogens is 1. The lowest BCUT2D eigenvalue weighted by Crippen LogP contribution is -2.47. The number of nitrogens with zero attached hydrogens (tertiary/aromatic N) is 2. The predicted molar refractivity (Wildman–Crippen MR) is 99.7 cm³/mol. The third-order valence-corrected chi connectivity index (χ3v) is 4.70. The van der Waals surface area contributed by atoms with Crippen molar-refractivity contribution in [2.45, 2.75) is 26.8 Å². The van der Waals surface area contributed by atoms with Gasteiger partial charge in [0.25, 0.3) is 11.6 Å². The Morgan fingerprint density at radius 1 is 1.35 bits per heavy atom. The van der Waals surface area contributed by atoms with Gasteiger partial charge in [-0.3, -0.25) is 19.7 Å². The van der Waals surface area contributed by atoms with Crippen molar-refractivity contribution in [3.8, 4) is 0 Å². The normalized spacial score (nSPS) is 11.9. The van der Waals surface area contributed by atoms with Gasteiger partial charge in [0.15, 0.2) is 5.13 Å². The molecule has 2 aromatic rings. The maximum atomic E-state index is 12.5. The smallest absolute Gasteiger partial charge is 0.270 e. The quantitative estimate of drug-likeness (QED) is 0.573. The number of benzene rings is 1. The summed E-state index contributed by atoms with van der Waals surface area (Å²) >= 11 is 7.26. The first-order valence-electron chi connectivity index (χ1n) is 7.67. The standard InChI is InChI=1S/C16H17ClN4O4S/c1-8(2)13(15(23)20-16-18-9(3)7-26-16)19-14(22)11-6-10(21(24)25)4-5-12(11)17/h4-8,13H,1-3H3,(H,19,22)(H,18,20,23)/t13-/m0/s1. The van der Waals surface area contributed by atoms with E-state index < -0.39 is 22.8 Å². The van der Waals surface area contributed by atoms with Crippen molar-refractivity contribution in [1.29, 1.82) is 0 Å². The molecule has 0 aliphatic heterocycles. The summed E-state index contributed by atoms with van der Waals surface area (Å²) in [6.45, 7) is 5.34. The second kappa shape index (κ2) is 8.24. The largest absolute Gasteiger partial charge is 0.340 e. The summed E-state index contributed by atoms with van der Waals surface area (Å²) in [5.74, 6) is -1.32. The van der Waals surface area contributed by atoms with Crippen LogP contribution in [0.5, 0.6) is 0 Å². The van der Waals surface area contributed by atoms with Crippen molar-refractivity contribution in [3.05, 3.63) is 50.0 Å². The number of anilines is 1. The summed E-state index contributed by atoms with van der Waals surface area (Å²) < 4.78 is 0. The van der Waals surface area contributed by atoms with Gasteiger partial charge in [0, 0.05) is 17.5 Å². The third kappa shape index (κ3) is 4.77. The maximum absolute atomic E-state index is 12.5. The highest BCUT2D eigenvalue weighted by Gasteiger charge is 2.27. The van der Waals surface area contributed by atoms with Crippen molar-refractivity contribution in [3.63, 3.8) is 0 Å². The van der Waals surface area contributed by atoms with Crippen molar-refractivity contribution >= 4 is 45.6 Å². The van der Waals surface area contributed by atoms with E-state index in [0.717, 1.165) is 11.8 Å². The number of halogens is 1. The van der Waals surface area contributed by atoms with Crippen LogP contribution in [0.25, 0.3) is 0 Å². The molecule has 1 heterocycles. The maximum Gasteiger partial charge on any atom is 0.270 e. The molecule has 0 saturated carbocycles. The first-order chi connectivity index (χ1) is 12.2. The van der Waals surface area contributed by atoms with E-state index in [1.807, 2.05) is 0 Å². The van der Waals surface area contributed by atoms with Crippen LogP contribution < -0.4 is 10.6 Å². The van der Waals surface area contributed by atoms with Crippen molar-refractivity contribution in [2.75, 3.05) is 5.32 Å². The van der Waals surface area contributed by atoms with Gasteiger partial charge in [0.2, 0.25) is 5.91 Å². The zero-order chi connectivity index (χ0) is 19.4. The molecule has 0 aliphatic carbocycles. The number of amides is 2. The Hall–Kier alpha value is -2.52. The van der Waals surface area contributed by atoms with E-state index in [9.17, 15) is 19.7 Å². The molecule has 0 spiro atoms. The van der Waals surface area contributed by atoms with Crippen LogP contribution in [0.15, 0.2) is 23.6 Å². The van der Waals surface area contributed by atoms with Crippen LogP contribution in [0, 0.1) is 23.0 Å². The van der Waals surface area contributed by atoms with Crippen molar-refractivity contribution in [2.24, 2.45) is 5.92 Å². The zero-order valence-corrected chi connectivity index (χ0v) is 15.9. The molecule has 0 fully saturated rings. The van der Waals surface area contributed by atoms with Crippen LogP contribution in [0.2, 0.25) is 5.02 Å². The van der Waals surface area contributed by atoms with Gasteiger partial charge in [-0.2, -0.15) is 0 Å². The monoisotopic (exact) mass is 396 g/mol. The number of thiazole rings is 1. The van der Waals surface area contributed by atoms with Gasteiger partial charge in [-0.25, -0.2) is 4.98 Å². The third-order valence-electron chi connectivity index (χ3n) is 3.49. The fourth-order valence-corrected chi connectivity index (χ4v) is 3.04. The summed E-state index contributed by atoms with van der Waals surface area (Å²) in [4.78, 5) is 39.4. The molecule has 1 aromatic heterocycles. The van der Waals surface area contributed by atoms with Crippen LogP contribution in [-0.4, -0.2) is 27.8 Å². The minimum Gasteiger partial charge on any atom is -0.340 e. The van der Waals surface area contributed by atoms with Crippen molar-refractivity contribution in [1.82, 2.24) is 10.3 Å². The van der Waals surface area contributed by atoms with Gasteiger partial charge < -0.3 is 10.6 Å². The molecular formula is C16H17ClN4O4S. The number of nitrogens with one attached hydrogen (secondary N) is 2. The first kappa shape index (κ1) is 19.8. The van der Waals surface area contributed by atoms with Gasteiger partial charge in [-0.1, -0.05) is 25.4 Å². The average Bonchev–Trinajstić information content (AvgIpc) is 2.96. The predicted octanol–water partition coefficient (Wildman–Crippen LogP) is 3.41. The molecule has 2 N–H and O–H groups in total. The number of aryl methyl sites for hydroxylation is 1. The van der Waals surface area contributed by atoms with Gasteiger partial charge in [-0.15, -0.1) is 11.3 Å². The van der Waals surface area contributed by atoms with E-state index in [-0.39, 0.29) is 22.2 Å². The lowest BCUT2D eigenvalue weighted by atomic mass is 10.0. The highest BCUT2D eigenvalue weighted by molar-refractivity contribution is 7.13. The number of nitro benzene ring substituents is 1. The van der Waals surface area contributed by atoms with Gasteiger partial charge >= 0.3 is 0 Å². The fourth-order valence-electron chi connectivity index (χ4n) is 2.15. The van der Waals surface area contributed by atoms with Crippen LogP contribution in [0.3, 0.4) is 0 Å². The summed E-state index contributed by atoms with van der Waals surface area (Å²) in [6, 6.07) is 2.70. The van der Waals surface area contributed by atoms with Gasteiger partial charge in [0.05, 0.1) is 21.2 Å². The molecule has 10 heteroatoms. The lowest BCUT2D eigenvalue weighted by Gasteiger charge is -2.21. The number of hydrogen-bond acceptors (Lipinski definition) is 6. The molecule has 1 atom stereocenters. The molecule has 0 unspecified atom stereocenters. The number of hydrogen-bond donors (Lipinski definition) is 2. The molecule has 0 bridgehead atoms. The van der Waals surface area contributed by atoms with Crippen LogP contribution >= 0.6 is 22.9 Å². The van der Waals surface area contributed by atoms with E-state index in [4.69, 9.17) is 11.6 Å². The Balaban J connectivity index is 2.19. The summed E-state index contributed by atoms with van der Waals surface area (Å²) in [7, 11) is 0. The number of rotatable bonds is 6. The number of non-ortho nitro benzene ring substituents is 1. The molecule has 26 heavy (non-hydrogen) atoms. The van der Waals surface area contributed by atoms with E-state index >= 15 is 0 Å². The molecular weight excluding hydrogens is 380 g/mol. The Labute approximate surface area is 158 Å². The second-order valence-electron chi connectivity index (χ2n) is 5.90. The summed E-state index contributed by atoms with van der Waals surface area (Å²) in [5, 5.41) is 18.4. The topological polar surface area (TPSA) is 114 Å². The minimum atomic E-state index is -0.859. The lowest BCUT2D eigenvalue weighted by molar-refractivity contribution is -0.384. The highest BCUT2D eigenvalue weighted by atomic mass is 35.5. The Morgan fingerprint density at radius 2 is 2.04 bits per heavy atom. The van der Waals surface area contributed by atoms with Gasteiger partial charge in [0.1, 0.15) is 6.04 Å². The molecule has 0 saturated heterocycles. The minimum absolute atomic E-state index is 0.0616. The van der Waals surface area contributed by atoms with E-state index in [1.54, 1.807) is 26.2 Å². The van der Waals surface area contributed by atoms with E-state index in [1.165, 1.54) is 23.5 Å². The molecule has 138 valence electrons. The second-order valence-corrected chi connectivity index (χ2v) is 7.17. The Morgan fingerprint density at radius 3 is 2.58 bits per heavy atom. The first-order valence-corrected chi connectivity index (χ1v) is 8.92.